The zero-order valence-electron chi connectivity index (χ0n) is 17.9. The molecule has 0 saturated carbocycles. The first-order valence-corrected chi connectivity index (χ1v) is 11.9. The molecule has 2 unspecified atom stereocenters. The van der Waals surface area contributed by atoms with Gasteiger partial charge in [-0.15, -0.1) is 0 Å². The number of hydrogen-bond acceptors (Lipinski definition) is 4. The van der Waals surface area contributed by atoms with Crippen molar-refractivity contribution in [3.8, 4) is 0 Å². The van der Waals surface area contributed by atoms with Crippen molar-refractivity contribution in [1.29, 1.82) is 0 Å². The Morgan fingerprint density at radius 2 is 2.00 bits per heavy atom. The van der Waals surface area contributed by atoms with Crippen LogP contribution in [0.25, 0.3) is 10.8 Å². The van der Waals surface area contributed by atoms with Gasteiger partial charge in [-0.2, -0.15) is 5.10 Å². The summed E-state index contributed by atoms with van der Waals surface area (Å²) in [6, 6.07) is 8.40. The lowest BCUT2D eigenvalue weighted by atomic mass is 9.68. The summed E-state index contributed by atoms with van der Waals surface area (Å²) in [6.07, 6.45) is 10.2. The Labute approximate surface area is 182 Å². The quantitative estimate of drug-likeness (QED) is 0.762. The van der Waals surface area contributed by atoms with E-state index in [-0.39, 0.29) is 23.9 Å². The van der Waals surface area contributed by atoms with Crippen LogP contribution in [-0.2, 0) is 11.2 Å². The summed E-state index contributed by atoms with van der Waals surface area (Å²) < 4.78 is 0. The molecule has 1 aromatic carbocycles. The summed E-state index contributed by atoms with van der Waals surface area (Å²) >= 11 is 0. The van der Waals surface area contributed by atoms with Crippen LogP contribution in [0.3, 0.4) is 0 Å². The van der Waals surface area contributed by atoms with Crippen LogP contribution in [0.1, 0.15) is 44.2 Å². The van der Waals surface area contributed by atoms with Crippen molar-refractivity contribution >= 4 is 16.7 Å². The predicted octanol–water partition coefficient (Wildman–Crippen LogP) is 2.89. The lowest BCUT2D eigenvalue weighted by Crippen LogP contribution is -2.60. The highest BCUT2D eigenvalue weighted by Gasteiger charge is 2.46. The van der Waals surface area contributed by atoms with Crippen LogP contribution >= 0.6 is 0 Å². The first kappa shape index (κ1) is 19.2. The minimum atomic E-state index is -0.202. The fourth-order valence-corrected chi connectivity index (χ4v) is 6.80. The fourth-order valence-electron chi connectivity index (χ4n) is 6.80. The monoisotopic (exact) mass is 418 g/mol. The van der Waals surface area contributed by atoms with Gasteiger partial charge >= 0.3 is 0 Å². The fraction of sp³-hybridized carbons (Fsp3) is 0.560. The molecule has 4 atom stereocenters. The molecule has 1 N–H and O–H groups in total. The minimum Gasteiger partial charge on any atom is -0.335 e. The third-order valence-corrected chi connectivity index (χ3v) is 8.07. The van der Waals surface area contributed by atoms with Crippen LogP contribution in [0.15, 0.2) is 40.7 Å². The lowest BCUT2D eigenvalue weighted by Gasteiger charge is -2.54. The maximum atomic E-state index is 13.5. The molecule has 3 aliphatic heterocycles. The van der Waals surface area contributed by atoms with E-state index in [2.05, 4.69) is 26.1 Å². The summed E-state index contributed by atoms with van der Waals surface area (Å²) in [7, 11) is 0. The number of likely N-dealkylation sites (tertiary alicyclic amines) is 1. The zero-order chi connectivity index (χ0) is 20.9. The highest BCUT2D eigenvalue weighted by molar-refractivity contribution is 5.88. The normalized spacial score (nSPS) is 30.5. The number of H-pyrrole nitrogens is 1. The van der Waals surface area contributed by atoms with E-state index < -0.39 is 0 Å². The second kappa shape index (κ2) is 7.59. The summed E-state index contributed by atoms with van der Waals surface area (Å²) in [5.74, 6) is 1.36. The van der Waals surface area contributed by atoms with Gasteiger partial charge in [0, 0.05) is 24.5 Å². The number of amides is 1. The Balaban J connectivity index is 1.29. The van der Waals surface area contributed by atoms with Crippen molar-refractivity contribution < 1.29 is 4.79 Å². The number of nitrogens with one attached hydrogen (secondary N) is 1. The van der Waals surface area contributed by atoms with Gasteiger partial charge in [-0.3, -0.25) is 14.5 Å². The van der Waals surface area contributed by atoms with Crippen LogP contribution in [-0.4, -0.2) is 57.6 Å². The molecule has 2 bridgehead atoms. The standard InChI is InChI=1S/C25H30N4O2/c30-23(14-21-19-7-1-2-8-20(19)25(31)27-26-21)29-11-5-6-16-12-17-13-18(24(16)29)15-28-10-4-3-9-22(17)28/h1-2,7-8,12,17-18,22,24H,3-6,9-11,13-15H2,(H,27,31)/t17-,18-,22?,24?/m0/s1. The second-order valence-corrected chi connectivity index (χ2v) is 9.82. The maximum Gasteiger partial charge on any atom is 0.272 e. The Kier molecular flexibility index (Phi) is 4.71. The molecule has 1 aromatic heterocycles. The van der Waals surface area contributed by atoms with Crippen molar-refractivity contribution in [3.63, 3.8) is 0 Å². The molecule has 6 nitrogen and oxygen atoms in total. The minimum absolute atomic E-state index is 0.138. The molecule has 2 aromatic rings. The third kappa shape index (κ3) is 3.23. The van der Waals surface area contributed by atoms with Gasteiger partial charge < -0.3 is 4.90 Å². The smallest absolute Gasteiger partial charge is 0.272 e. The van der Waals surface area contributed by atoms with Crippen LogP contribution in [0.4, 0.5) is 0 Å². The van der Waals surface area contributed by atoms with E-state index >= 15 is 0 Å². The van der Waals surface area contributed by atoms with Crippen LogP contribution in [0.5, 0.6) is 0 Å². The number of benzene rings is 1. The average molecular weight is 419 g/mol. The number of fused-ring (bicyclic) bond motifs is 7. The first-order chi connectivity index (χ1) is 15.2. The van der Waals surface area contributed by atoms with E-state index in [4.69, 9.17) is 0 Å². The van der Waals surface area contributed by atoms with E-state index in [0.717, 1.165) is 37.4 Å². The van der Waals surface area contributed by atoms with Crippen LogP contribution in [0, 0.1) is 11.8 Å². The number of aromatic amines is 1. The third-order valence-electron chi connectivity index (χ3n) is 8.07. The van der Waals surface area contributed by atoms with Crippen molar-refractivity contribution in [1.82, 2.24) is 20.0 Å². The summed E-state index contributed by atoms with van der Waals surface area (Å²) in [6.45, 7) is 3.17. The van der Waals surface area contributed by atoms with Crippen LogP contribution in [0.2, 0.25) is 0 Å². The van der Waals surface area contributed by atoms with Gasteiger partial charge in [0.25, 0.3) is 5.56 Å². The molecule has 6 heteroatoms. The number of hydrogen-bond donors (Lipinski definition) is 1. The number of carbonyl (C=O) groups excluding carboxylic acids is 1. The number of aromatic nitrogens is 2. The van der Waals surface area contributed by atoms with E-state index in [1.165, 1.54) is 37.8 Å². The van der Waals surface area contributed by atoms with Crippen molar-refractivity contribution in [2.75, 3.05) is 19.6 Å². The van der Waals surface area contributed by atoms with Gasteiger partial charge in [0.05, 0.1) is 23.5 Å². The molecule has 4 aliphatic rings. The molecule has 31 heavy (non-hydrogen) atoms. The van der Waals surface area contributed by atoms with Crippen molar-refractivity contribution in [2.24, 2.45) is 11.8 Å². The Morgan fingerprint density at radius 3 is 2.90 bits per heavy atom. The number of piperidine rings is 3. The van der Waals surface area contributed by atoms with Crippen molar-refractivity contribution in [2.45, 2.75) is 57.0 Å². The van der Waals surface area contributed by atoms with E-state index in [1.807, 2.05) is 18.2 Å². The van der Waals surface area contributed by atoms with E-state index in [1.54, 1.807) is 6.07 Å². The number of carbonyl (C=O) groups is 1. The molecule has 0 radical (unpaired) electrons. The zero-order valence-corrected chi connectivity index (χ0v) is 17.9. The Bertz CT molecular complexity index is 1110. The SMILES string of the molecule is O=C(Cc1n[nH]c(=O)c2ccccc12)N1CCCC2=C[C@H]3C[C@@H](CN4CCCCC34)C21. The van der Waals surface area contributed by atoms with E-state index in [9.17, 15) is 9.59 Å². The van der Waals surface area contributed by atoms with Gasteiger partial charge in [0.2, 0.25) is 5.91 Å². The lowest BCUT2D eigenvalue weighted by molar-refractivity contribution is -0.135. The molecule has 6 rings (SSSR count). The number of nitrogens with zero attached hydrogens (tertiary/aromatic N) is 3. The Morgan fingerprint density at radius 1 is 1.13 bits per heavy atom. The molecule has 162 valence electrons. The molecule has 3 fully saturated rings. The molecular formula is C25H30N4O2. The topological polar surface area (TPSA) is 69.3 Å². The molecule has 1 aliphatic carbocycles. The largest absolute Gasteiger partial charge is 0.335 e. The molecular weight excluding hydrogens is 388 g/mol. The molecule has 4 heterocycles. The molecule has 3 saturated heterocycles. The highest BCUT2D eigenvalue weighted by Crippen LogP contribution is 2.45. The van der Waals surface area contributed by atoms with Gasteiger partial charge in [-0.25, -0.2) is 5.10 Å². The van der Waals surface area contributed by atoms with Gasteiger partial charge in [-0.05, 0) is 56.6 Å². The van der Waals surface area contributed by atoms with E-state index in [0.29, 0.717) is 22.9 Å². The van der Waals surface area contributed by atoms with Gasteiger partial charge in [-0.1, -0.05) is 36.3 Å². The van der Waals surface area contributed by atoms with Crippen LogP contribution < -0.4 is 5.56 Å². The van der Waals surface area contributed by atoms with Gasteiger partial charge in [0.15, 0.2) is 0 Å². The second-order valence-electron chi connectivity index (χ2n) is 9.82. The van der Waals surface area contributed by atoms with Gasteiger partial charge in [0.1, 0.15) is 0 Å². The first-order valence-electron chi connectivity index (χ1n) is 11.9. The summed E-state index contributed by atoms with van der Waals surface area (Å²) in [5.41, 5.74) is 1.97. The summed E-state index contributed by atoms with van der Waals surface area (Å²) in [5, 5.41) is 8.22. The molecule has 1 amide bonds. The predicted molar refractivity (Wildman–Crippen MR) is 120 cm³/mol. The maximum absolute atomic E-state index is 13.5. The highest BCUT2D eigenvalue weighted by atomic mass is 16.2. The summed E-state index contributed by atoms with van der Waals surface area (Å²) in [4.78, 5) is 30.5. The van der Waals surface area contributed by atoms with Crippen molar-refractivity contribution in [3.05, 3.63) is 52.0 Å². The Hall–Kier alpha value is -2.47. The average Bonchev–Trinajstić information content (AvgIpc) is 2.81. The molecule has 0 spiro atoms. The number of rotatable bonds is 2.